The first kappa shape index (κ1) is 25.6. The van der Waals surface area contributed by atoms with Gasteiger partial charge >= 0.3 is 0 Å². The third kappa shape index (κ3) is 9.31. The van der Waals surface area contributed by atoms with Crippen LogP contribution in [0.25, 0.3) is 0 Å². The predicted octanol–water partition coefficient (Wildman–Crippen LogP) is 1.85. The average molecular weight is 517 g/mol. The molecule has 2 rings (SSSR count). The van der Waals surface area contributed by atoms with Gasteiger partial charge in [-0.3, -0.25) is 9.69 Å². The summed E-state index contributed by atoms with van der Waals surface area (Å²) >= 11 is 0. The SMILES string of the molecule is COCCNC(=NCC(=O)N(C)C)NC1CCN(Cc2ccccc2C)CC1.I. The van der Waals surface area contributed by atoms with E-state index in [0.29, 0.717) is 25.2 Å². The molecule has 1 amide bonds. The molecule has 0 unspecified atom stereocenters. The number of aryl methyl sites for hydroxylation is 1. The van der Waals surface area contributed by atoms with Crippen molar-refractivity contribution in [3.63, 3.8) is 0 Å². The van der Waals surface area contributed by atoms with Crippen LogP contribution in [0.2, 0.25) is 0 Å². The normalized spacial score (nSPS) is 15.5. The van der Waals surface area contributed by atoms with Crippen LogP contribution >= 0.6 is 24.0 Å². The van der Waals surface area contributed by atoms with E-state index < -0.39 is 0 Å². The lowest BCUT2D eigenvalue weighted by molar-refractivity contribution is -0.127. The van der Waals surface area contributed by atoms with E-state index in [4.69, 9.17) is 4.74 Å². The van der Waals surface area contributed by atoms with Gasteiger partial charge in [-0.1, -0.05) is 24.3 Å². The maximum Gasteiger partial charge on any atom is 0.243 e. The fraction of sp³-hybridized carbons (Fsp3) is 0.619. The lowest BCUT2D eigenvalue weighted by Gasteiger charge is -2.33. The Morgan fingerprint density at radius 3 is 2.59 bits per heavy atom. The Balaban J connectivity index is 0.00000420. The number of nitrogens with zero attached hydrogens (tertiary/aromatic N) is 3. The molecule has 1 heterocycles. The van der Waals surface area contributed by atoms with E-state index in [-0.39, 0.29) is 36.4 Å². The third-order valence-corrected chi connectivity index (χ3v) is 5.05. The monoisotopic (exact) mass is 517 g/mol. The largest absolute Gasteiger partial charge is 0.383 e. The topological polar surface area (TPSA) is 69.2 Å². The summed E-state index contributed by atoms with van der Waals surface area (Å²) in [6.07, 6.45) is 2.11. The van der Waals surface area contributed by atoms with Crippen molar-refractivity contribution in [3.8, 4) is 0 Å². The number of carbonyl (C=O) groups excluding carboxylic acids is 1. The second-order valence-electron chi connectivity index (χ2n) is 7.49. The smallest absolute Gasteiger partial charge is 0.243 e. The van der Waals surface area contributed by atoms with Crippen LogP contribution in [0.1, 0.15) is 24.0 Å². The van der Waals surface area contributed by atoms with Crippen molar-refractivity contribution in [1.82, 2.24) is 20.4 Å². The number of hydrogen-bond acceptors (Lipinski definition) is 4. The summed E-state index contributed by atoms with van der Waals surface area (Å²) < 4.78 is 5.10. The standard InChI is InChI=1S/C21H35N5O2.HI/c1-17-7-5-6-8-18(17)16-26-12-9-19(10-13-26)24-21(22-11-14-28-4)23-15-20(27)25(2)3;/h5-8,19H,9-16H2,1-4H3,(H2,22,23,24);1H. The number of aliphatic imine (C=N–C) groups is 1. The molecule has 1 fully saturated rings. The number of hydrogen-bond donors (Lipinski definition) is 2. The van der Waals surface area contributed by atoms with Gasteiger partial charge in [-0.25, -0.2) is 4.99 Å². The first-order valence-electron chi connectivity index (χ1n) is 10.0. The molecular formula is C21H36IN5O2. The van der Waals surface area contributed by atoms with Crippen LogP contribution in [0.5, 0.6) is 0 Å². The lowest BCUT2D eigenvalue weighted by Crippen LogP contribution is -2.49. The van der Waals surface area contributed by atoms with Crippen LogP contribution < -0.4 is 10.6 Å². The fourth-order valence-electron chi connectivity index (χ4n) is 3.17. The van der Waals surface area contributed by atoms with E-state index in [0.717, 1.165) is 32.5 Å². The van der Waals surface area contributed by atoms with Crippen LogP contribution in [0.15, 0.2) is 29.3 Å². The minimum Gasteiger partial charge on any atom is -0.383 e. The zero-order valence-electron chi connectivity index (χ0n) is 18.1. The second kappa shape index (κ2) is 13.8. The fourth-order valence-corrected chi connectivity index (χ4v) is 3.17. The minimum atomic E-state index is -0.0131. The van der Waals surface area contributed by atoms with E-state index in [1.54, 1.807) is 26.1 Å². The number of rotatable bonds is 8. The molecule has 0 radical (unpaired) electrons. The first-order valence-corrected chi connectivity index (χ1v) is 10.0. The van der Waals surface area contributed by atoms with Gasteiger partial charge in [0, 0.05) is 53.4 Å². The average Bonchev–Trinajstić information content (AvgIpc) is 2.69. The number of piperidine rings is 1. The van der Waals surface area contributed by atoms with Crippen LogP contribution in [0.3, 0.4) is 0 Å². The zero-order chi connectivity index (χ0) is 20.4. The van der Waals surface area contributed by atoms with E-state index in [1.165, 1.54) is 11.1 Å². The van der Waals surface area contributed by atoms with Gasteiger partial charge in [-0.15, -0.1) is 24.0 Å². The minimum absolute atomic E-state index is 0. The van der Waals surface area contributed by atoms with Crippen molar-refractivity contribution in [3.05, 3.63) is 35.4 Å². The summed E-state index contributed by atoms with van der Waals surface area (Å²) in [7, 11) is 5.16. The van der Waals surface area contributed by atoms with Gasteiger partial charge in [-0.2, -0.15) is 0 Å². The molecule has 0 saturated carbocycles. The molecule has 0 spiro atoms. The van der Waals surface area contributed by atoms with Crippen LogP contribution in [0.4, 0.5) is 0 Å². The quantitative estimate of drug-likeness (QED) is 0.239. The molecule has 1 saturated heterocycles. The van der Waals surface area contributed by atoms with Crippen molar-refractivity contribution in [2.45, 2.75) is 32.4 Å². The maximum absolute atomic E-state index is 11.8. The number of ether oxygens (including phenoxy) is 1. The molecule has 2 N–H and O–H groups in total. The molecule has 1 aromatic rings. The molecule has 1 aromatic carbocycles. The summed E-state index contributed by atoms with van der Waals surface area (Å²) in [4.78, 5) is 20.3. The number of amides is 1. The molecule has 0 atom stereocenters. The summed E-state index contributed by atoms with van der Waals surface area (Å²) in [5, 5.41) is 6.74. The highest BCUT2D eigenvalue weighted by atomic mass is 127. The number of guanidine groups is 1. The van der Waals surface area contributed by atoms with E-state index in [2.05, 4.69) is 51.7 Å². The number of likely N-dealkylation sites (tertiary alicyclic amines) is 1. The molecule has 0 aromatic heterocycles. The van der Waals surface area contributed by atoms with E-state index in [9.17, 15) is 4.79 Å². The highest BCUT2D eigenvalue weighted by Crippen LogP contribution is 2.16. The first-order chi connectivity index (χ1) is 13.5. The van der Waals surface area contributed by atoms with Crippen molar-refractivity contribution >= 4 is 35.8 Å². The number of halogens is 1. The number of benzene rings is 1. The van der Waals surface area contributed by atoms with Crippen molar-refractivity contribution < 1.29 is 9.53 Å². The third-order valence-electron chi connectivity index (χ3n) is 5.05. The van der Waals surface area contributed by atoms with E-state index >= 15 is 0 Å². The van der Waals surface area contributed by atoms with Gasteiger partial charge < -0.3 is 20.3 Å². The van der Waals surface area contributed by atoms with Gasteiger partial charge in [0.15, 0.2) is 5.96 Å². The van der Waals surface area contributed by atoms with Crippen LogP contribution in [-0.4, -0.2) is 81.7 Å². The van der Waals surface area contributed by atoms with Crippen LogP contribution in [0, 0.1) is 6.92 Å². The Morgan fingerprint density at radius 2 is 1.97 bits per heavy atom. The lowest BCUT2D eigenvalue weighted by atomic mass is 10.0. The second-order valence-corrected chi connectivity index (χ2v) is 7.49. The highest BCUT2D eigenvalue weighted by Gasteiger charge is 2.20. The summed E-state index contributed by atoms with van der Waals surface area (Å²) in [6.45, 7) is 6.67. The number of nitrogens with one attached hydrogen (secondary N) is 2. The predicted molar refractivity (Wildman–Crippen MR) is 129 cm³/mol. The number of methoxy groups -OCH3 is 1. The van der Waals surface area contributed by atoms with Crippen molar-refractivity contribution in [2.24, 2.45) is 4.99 Å². The van der Waals surface area contributed by atoms with Crippen LogP contribution in [-0.2, 0) is 16.1 Å². The van der Waals surface area contributed by atoms with Gasteiger partial charge in [0.25, 0.3) is 0 Å². The summed E-state index contributed by atoms with van der Waals surface area (Å²) in [5.74, 6) is 0.672. The molecule has 164 valence electrons. The van der Waals surface area contributed by atoms with Crippen molar-refractivity contribution in [1.29, 1.82) is 0 Å². The zero-order valence-corrected chi connectivity index (χ0v) is 20.4. The summed E-state index contributed by atoms with van der Waals surface area (Å²) in [6, 6.07) is 8.95. The molecule has 29 heavy (non-hydrogen) atoms. The Hall–Kier alpha value is -1.39. The molecule has 8 heteroatoms. The van der Waals surface area contributed by atoms with Gasteiger partial charge in [0.2, 0.25) is 5.91 Å². The molecule has 1 aliphatic heterocycles. The molecule has 0 bridgehead atoms. The highest BCUT2D eigenvalue weighted by molar-refractivity contribution is 14.0. The Morgan fingerprint density at radius 1 is 1.28 bits per heavy atom. The Labute approximate surface area is 192 Å². The number of likely N-dealkylation sites (N-methyl/N-ethyl adjacent to an activating group) is 1. The molecule has 0 aliphatic carbocycles. The summed E-state index contributed by atoms with van der Waals surface area (Å²) in [5.41, 5.74) is 2.75. The maximum atomic E-state index is 11.8. The molecule has 7 nitrogen and oxygen atoms in total. The van der Waals surface area contributed by atoms with E-state index in [1.807, 2.05) is 0 Å². The van der Waals surface area contributed by atoms with Gasteiger partial charge in [0.1, 0.15) is 6.54 Å². The Kier molecular flexibility index (Phi) is 12.2. The number of carbonyl (C=O) groups is 1. The molecular weight excluding hydrogens is 481 g/mol. The van der Waals surface area contributed by atoms with Gasteiger partial charge in [-0.05, 0) is 30.9 Å². The van der Waals surface area contributed by atoms with Crippen molar-refractivity contribution in [2.75, 3.05) is 54.0 Å². The van der Waals surface area contributed by atoms with Gasteiger partial charge in [0.05, 0.1) is 6.61 Å². The Bertz CT molecular complexity index is 646. The molecule has 1 aliphatic rings.